The summed E-state index contributed by atoms with van der Waals surface area (Å²) in [6, 6.07) is 77.4. The summed E-state index contributed by atoms with van der Waals surface area (Å²) in [5.74, 6) is 5.53. The molecule has 20 aromatic rings. The molecule has 5 amide bonds. The molecule has 0 fully saturated rings. The zero-order valence-corrected chi connectivity index (χ0v) is 76.4. The van der Waals surface area contributed by atoms with Crippen LogP contribution in [-0.4, -0.2) is 122 Å². The summed E-state index contributed by atoms with van der Waals surface area (Å²) in [5, 5.41) is 24.8. The van der Waals surface area contributed by atoms with E-state index in [0.717, 1.165) is 115 Å². The lowest BCUT2D eigenvalue weighted by atomic mass is 10.2. The first kappa shape index (κ1) is 88.4. The first-order valence-corrected chi connectivity index (χ1v) is 46.4. The van der Waals surface area contributed by atoms with Gasteiger partial charge in [-0.2, -0.15) is 0 Å². The Morgan fingerprint density at radius 3 is 1.08 bits per heavy atom. The van der Waals surface area contributed by atoms with Crippen LogP contribution in [0.2, 0.25) is 0 Å². The number of rotatable bonds is 20. The molecule has 2 aliphatic heterocycles. The molecule has 0 aliphatic carbocycles. The normalized spacial score (nSPS) is 12.4. The summed E-state index contributed by atoms with van der Waals surface area (Å²) in [6.45, 7) is 13.2. The van der Waals surface area contributed by atoms with Crippen molar-refractivity contribution < 1.29 is 42.9 Å². The van der Waals surface area contributed by atoms with Crippen molar-refractivity contribution in [2.45, 2.75) is 72.8 Å². The smallest absolute Gasteiger partial charge is 0.247 e. The van der Waals surface area contributed by atoms with E-state index in [9.17, 15) is 24.0 Å². The molecule has 134 heavy (non-hydrogen) atoms. The van der Waals surface area contributed by atoms with Gasteiger partial charge in [-0.3, -0.25) is 29.0 Å². The van der Waals surface area contributed by atoms with Gasteiger partial charge in [-0.1, -0.05) is 120 Å². The SMILES string of the molecule is Cc1ccc(NC(=O)C(C)n2c(-c3ccccn3)nc3ccccc32)cc1.Cc1ccc(NC(=O)C(C)n2c(-c3cscn3)nc3ccccc32)cc1.Cc1ccc(NC(=O)C(C)n2c(-c3nccs3)nc3ccccc32)cc1.O=C(Cn1c(-c2nccs2)nc2ccccc21)Nc1ccc2c(c1)OCCO2.O=C(Cn1c(-c2nccs2)nc2ccccc21)Nc1ccc2c(c1)OCO2. The number of hydrogen-bond acceptors (Lipinski definition) is 23. The Hall–Kier alpha value is -16.2. The van der Waals surface area contributed by atoms with Crippen LogP contribution >= 0.6 is 45.3 Å². The maximum Gasteiger partial charge on any atom is 0.247 e. The van der Waals surface area contributed by atoms with Gasteiger partial charge in [-0.05, 0) is 175 Å². The highest BCUT2D eigenvalue weighted by Gasteiger charge is 2.29. The Bertz CT molecular complexity index is 7380. The fourth-order valence-corrected chi connectivity index (χ4v) is 17.6. The Morgan fingerprint density at radius 2 is 0.679 bits per heavy atom. The quantitative estimate of drug-likeness (QED) is 0.0473. The van der Waals surface area contributed by atoms with E-state index in [2.05, 4.69) is 61.5 Å². The number of nitrogens with zero attached hydrogens (tertiary/aromatic N) is 15. The van der Waals surface area contributed by atoms with Crippen LogP contribution in [0.5, 0.6) is 23.0 Å². The van der Waals surface area contributed by atoms with Gasteiger partial charge in [0.2, 0.25) is 36.3 Å². The van der Waals surface area contributed by atoms with Crippen molar-refractivity contribution in [2.75, 3.05) is 46.6 Å². The molecule has 0 saturated carbocycles. The molecular formula is C101H86N20O9S4. The summed E-state index contributed by atoms with van der Waals surface area (Å²) in [6.07, 6.45) is 6.95. The highest BCUT2D eigenvalue weighted by molar-refractivity contribution is 7.13. The number of imidazole rings is 5. The molecule has 2 aliphatic rings. The van der Waals surface area contributed by atoms with E-state index in [0.29, 0.717) is 76.7 Å². The third kappa shape index (κ3) is 20.1. The van der Waals surface area contributed by atoms with E-state index in [-0.39, 0.29) is 49.4 Å². The van der Waals surface area contributed by atoms with Gasteiger partial charge >= 0.3 is 0 Å². The molecule has 0 saturated heterocycles. The fourth-order valence-electron chi connectivity index (χ4n) is 15.2. The van der Waals surface area contributed by atoms with Gasteiger partial charge in [0.15, 0.2) is 67.1 Å². The Balaban J connectivity index is 0.000000112. The lowest BCUT2D eigenvalue weighted by Gasteiger charge is -2.19. The minimum absolute atomic E-state index is 0.0881. The standard InChI is InChI=1S/C22H20N4O.C20H16N4O3S.2C20H18N4OS.C19H14N4O3S/c1-15-10-12-17(13-11-15)24-22(27)16(2)26-20-9-4-3-7-18(20)25-21(26)19-8-5-6-14-23-19;25-18(22-13-5-6-16-17(11-13)27-9-8-26-16)12-24-15-4-2-1-3-14(15)23-19(24)20-21-7-10-28-20;1-13-7-9-15(10-8-13)22-20(25)14(2)24-18-6-4-3-5-16(18)23-19(24)17-11-26-12-21-17;1-13-7-9-15(10-8-13)22-19(25)14(2)24-17-6-4-3-5-16(17)23-18(24)20-21-11-12-26-20;24-17(21-12-5-6-15-16(9-12)26-11-25-15)10-23-14-4-2-1-3-13(14)22-18(23)19-20-7-8-27-19/h3-14,16H,1-2H3,(H,24,27);1-7,10-11H,8-9,12H2,(H,22,25);2*3-12,14H,1-2H3,(H,22,25);1-9H,10-11H2,(H,21,24). The first-order valence-electron chi connectivity index (χ1n) is 42.8. The van der Waals surface area contributed by atoms with Crippen molar-refractivity contribution in [1.29, 1.82) is 0 Å². The van der Waals surface area contributed by atoms with Gasteiger partial charge in [0.05, 0.1) is 60.7 Å². The molecule has 5 N–H and O–H groups in total. The van der Waals surface area contributed by atoms with E-state index >= 15 is 0 Å². The summed E-state index contributed by atoms with van der Waals surface area (Å²) < 4.78 is 31.4. The van der Waals surface area contributed by atoms with Crippen LogP contribution in [0.4, 0.5) is 28.4 Å². The van der Waals surface area contributed by atoms with Crippen LogP contribution < -0.4 is 45.5 Å². The number of aryl methyl sites for hydroxylation is 3. The topological polar surface area (TPSA) is 336 Å². The first-order chi connectivity index (χ1) is 65.4. The number of ether oxygens (including phenoxy) is 4. The van der Waals surface area contributed by atoms with Crippen molar-refractivity contribution in [1.82, 2.24) is 72.7 Å². The van der Waals surface area contributed by atoms with Crippen molar-refractivity contribution in [3.63, 3.8) is 0 Å². The van der Waals surface area contributed by atoms with Gasteiger partial charge in [0.1, 0.15) is 55.8 Å². The van der Waals surface area contributed by atoms with Crippen LogP contribution in [0, 0.1) is 20.8 Å². The third-order valence-electron chi connectivity index (χ3n) is 21.9. The molecule has 0 spiro atoms. The average Bonchev–Trinajstić information content (AvgIpc) is 1.63. The molecule has 0 radical (unpaired) electrons. The third-order valence-corrected chi connectivity index (χ3v) is 24.8. The molecule has 22 rings (SSSR count). The van der Waals surface area contributed by atoms with E-state index < -0.39 is 18.1 Å². The number of nitrogens with one attached hydrogen (secondary N) is 5. The number of para-hydroxylation sites is 10. The van der Waals surface area contributed by atoms with E-state index in [1.54, 1.807) is 66.7 Å². The van der Waals surface area contributed by atoms with Gasteiger partial charge in [-0.25, -0.2) is 44.9 Å². The van der Waals surface area contributed by atoms with E-state index in [1.165, 1.54) is 45.3 Å². The number of carbonyl (C=O) groups is 5. The van der Waals surface area contributed by atoms with Gasteiger partial charge in [-0.15, -0.1) is 45.3 Å². The summed E-state index contributed by atoms with van der Waals surface area (Å²) >= 11 is 6.01. The van der Waals surface area contributed by atoms with Crippen molar-refractivity contribution in [3.8, 4) is 78.5 Å². The second-order valence-corrected chi connectivity index (χ2v) is 34.5. The van der Waals surface area contributed by atoms with Gasteiger partial charge in [0.25, 0.3) is 0 Å². The molecule has 12 heterocycles. The number of aromatic nitrogens is 15. The van der Waals surface area contributed by atoms with Crippen LogP contribution in [0.1, 0.15) is 55.6 Å². The highest BCUT2D eigenvalue weighted by atomic mass is 32.1. The largest absolute Gasteiger partial charge is 0.486 e. The lowest BCUT2D eigenvalue weighted by molar-refractivity contribution is -0.119. The van der Waals surface area contributed by atoms with Crippen molar-refractivity contribution in [2.24, 2.45) is 0 Å². The monoisotopic (exact) mass is 1850 g/mol. The molecule has 3 unspecified atom stereocenters. The molecule has 29 nitrogen and oxygen atoms in total. The molecule has 0 bridgehead atoms. The Labute approximate surface area is 783 Å². The van der Waals surface area contributed by atoms with E-state index in [1.807, 2.05) is 298 Å². The Kier molecular flexibility index (Phi) is 26.7. The minimum Gasteiger partial charge on any atom is -0.486 e. The van der Waals surface area contributed by atoms with E-state index in [4.69, 9.17) is 33.9 Å². The zero-order valence-electron chi connectivity index (χ0n) is 73.2. The average molecular weight is 1850 g/mol. The maximum atomic E-state index is 12.9. The van der Waals surface area contributed by atoms with Crippen LogP contribution in [0.15, 0.2) is 301 Å². The number of anilines is 5. The van der Waals surface area contributed by atoms with Gasteiger partial charge in [0, 0.05) is 86.9 Å². The number of carbonyl (C=O) groups excluding carboxylic acids is 5. The van der Waals surface area contributed by atoms with Crippen LogP contribution in [-0.2, 0) is 37.1 Å². The molecule has 668 valence electrons. The van der Waals surface area contributed by atoms with Gasteiger partial charge < -0.3 is 68.4 Å². The molecule has 33 heteroatoms. The van der Waals surface area contributed by atoms with Crippen molar-refractivity contribution >= 4 is 158 Å². The van der Waals surface area contributed by atoms with Crippen LogP contribution in [0.25, 0.3) is 111 Å². The number of pyridine rings is 1. The Morgan fingerprint density at radius 1 is 0.336 bits per heavy atom. The lowest BCUT2D eigenvalue weighted by Crippen LogP contribution is -2.24. The fraction of sp³-hybridized carbons (Fsp3) is 0.139. The predicted octanol–water partition coefficient (Wildman–Crippen LogP) is 21.0. The molecular weight excluding hydrogens is 1770 g/mol. The number of hydrogen-bond donors (Lipinski definition) is 5. The second kappa shape index (κ2) is 40.4. The number of thiazole rings is 4. The summed E-state index contributed by atoms with van der Waals surface area (Å²) in [4.78, 5) is 110. The highest BCUT2D eigenvalue weighted by Crippen LogP contribution is 2.39. The molecule has 10 aromatic heterocycles. The molecule has 3 atom stereocenters. The molecule has 10 aromatic carbocycles. The maximum absolute atomic E-state index is 12.9. The number of benzene rings is 10. The minimum atomic E-state index is -0.448. The summed E-state index contributed by atoms with van der Waals surface area (Å²) in [7, 11) is 0. The second-order valence-electron chi connectivity index (χ2n) is 31.1. The zero-order chi connectivity index (χ0) is 92.1. The predicted molar refractivity (Wildman–Crippen MR) is 527 cm³/mol. The number of fused-ring (bicyclic) bond motifs is 7. The van der Waals surface area contributed by atoms with Crippen LogP contribution in [0.3, 0.4) is 0 Å². The summed E-state index contributed by atoms with van der Waals surface area (Å²) in [5.41, 5.74) is 19.2. The van der Waals surface area contributed by atoms with Crippen molar-refractivity contribution in [3.05, 3.63) is 317 Å². The number of amides is 5.